The average molecular weight is 271 g/mol. The van der Waals surface area contributed by atoms with Crippen molar-refractivity contribution in [2.45, 2.75) is 34.6 Å². The molecule has 2 rings (SSSR count). The lowest BCUT2D eigenvalue weighted by Gasteiger charge is -2.18. The maximum Gasteiger partial charge on any atom is 0.231 e. The number of hydrogen-bond donors (Lipinski definition) is 0. The maximum atomic E-state index is 12.7. The molecule has 0 aliphatic heterocycles. The second-order valence-electron chi connectivity index (χ2n) is 6.81. The molecule has 20 heavy (non-hydrogen) atoms. The largest absolute Gasteiger partial charge is 0.315 e. The SMILES string of the molecule is CC(C)=CC1C(C(=O)N(C)c2cccc(C)c2)C1(C)C. The Hall–Kier alpha value is -1.57. The summed E-state index contributed by atoms with van der Waals surface area (Å²) in [5, 5.41) is 0. The third kappa shape index (κ3) is 2.65. The fraction of sp³-hybridized carbons (Fsp3) is 0.500. The van der Waals surface area contributed by atoms with Gasteiger partial charge in [-0.15, -0.1) is 0 Å². The predicted molar refractivity (Wildman–Crippen MR) is 84.8 cm³/mol. The van der Waals surface area contributed by atoms with Crippen molar-refractivity contribution in [3.63, 3.8) is 0 Å². The van der Waals surface area contributed by atoms with Gasteiger partial charge >= 0.3 is 0 Å². The molecule has 0 bridgehead atoms. The lowest BCUT2D eigenvalue weighted by atomic mass is 10.1. The highest BCUT2D eigenvalue weighted by Crippen LogP contribution is 2.60. The number of aryl methyl sites for hydroxylation is 1. The van der Waals surface area contributed by atoms with E-state index < -0.39 is 0 Å². The highest BCUT2D eigenvalue weighted by molar-refractivity contribution is 5.97. The molecule has 1 saturated carbocycles. The third-order valence-electron chi connectivity index (χ3n) is 4.41. The molecule has 2 heteroatoms. The van der Waals surface area contributed by atoms with E-state index in [-0.39, 0.29) is 17.2 Å². The van der Waals surface area contributed by atoms with Crippen LogP contribution in [-0.4, -0.2) is 13.0 Å². The van der Waals surface area contributed by atoms with Crippen LogP contribution in [0.4, 0.5) is 5.69 Å². The normalized spacial score (nSPS) is 23.1. The Labute approximate surface area is 122 Å². The summed E-state index contributed by atoms with van der Waals surface area (Å²) in [6.45, 7) is 10.6. The molecule has 1 aromatic rings. The minimum Gasteiger partial charge on any atom is -0.315 e. The molecule has 2 nitrogen and oxygen atoms in total. The smallest absolute Gasteiger partial charge is 0.231 e. The summed E-state index contributed by atoms with van der Waals surface area (Å²) in [6.07, 6.45) is 2.24. The van der Waals surface area contributed by atoms with Crippen molar-refractivity contribution in [3.8, 4) is 0 Å². The summed E-state index contributed by atoms with van der Waals surface area (Å²) in [6, 6.07) is 8.11. The Kier molecular flexibility index (Phi) is 3.77. The molecule has 0 aromatic heterocycles. The second-order valence-corrected chi connectivity index (χ2v) is 6.81. The van der Waals surface area contributed by atoms with Gasteiger partial charge in [-0.3, -0.25) is 4.79 Å². The third-order valence-corrected chi connectivity index (χ3v) is 4.41. The lowest BCUT2D eigenvalue weighted by molar-refractivity contribution is -0.120. The Morgan fingerprint density at radius 3 is 2.50 bits per heavy atom. The van der Waals surface area contributed by atoms with E-state index in [0.717, 1.165) is 5.69 Å². The Morgan fingerprint density at radius 2 is 1.95 bits per heavy atom. The molecule has 1 aliphatic carbocycles. The molecule has 2 atom stereocenters. The zero-order valence-corrected chi connectivity index (χ0v) is 13.4. The monoisotopic (exact) mass is 271 g/mol. The number of amides is 1. The van der Waals surface area contributed by atoms with Crippen LogP contribution in [0.2, 0.25) is 0 Å². The zero-order valence-electron chi connectivity index (χ0n) is 13.4. The average Bonchev–Trinajstić information content (AvgIpc) is 2.88. The van der Waals surface area contributed by atoms with Crippen molar-refractivity contribution >= 4 is 11.6 Å². The van der Waals surface area contributed by atoms with Gasteiger partial charge in [-0.1, -0.05) is 37.6 Å². The van der Waals surface area contributed by atoms with Crippen molar-refractivity contribution in [1.82, 2.24) is 0 Å². The van der Waals surface area contributed by atoms with Gasteiger partial charge in [-0.25, -0.2) is 0 Å². The van der Waals surface area contributed by atoms with Gasteiger partial charge in [0.2, 0.25) is 5.91 Å². The molecule has 108 valence electrons. The molecule has 0 spiro atoms. The molecular weight excluding hydrogens is 246 g/mol. The van der Waals surface area contributed by atoms with Crippen molar-refractivity contribution in [2.75, 3.05) is 11.9 Å². The van der Waals surface area contributed by atoms with Crippen molar-refractivity contribution in [1.29, 1.82) is 0 Å². The quantitative estimate of drug-likeness (QED) is 0.755. The maximum absolute atomic E-state index is 12.7. The highest BCUT2D eigenvalue weighted by Gasteiger charge is 2.61. The first-order valence-corrected chi connectivity index (χ1v) is 7.24. The van der Waals surface area contributed by atoms with E-state index in [0.29, 0.717) is 5.92 Å². The van der Waals surface area contributed by atoms with Gasteiger partial charge in [-0.05, 0) is 49.8 Å². The van der Waals surface area contributed by atoms with Crippen LogP contribution in [0.15, 0.2) is 35.9 Å². The van der Waals surface area contributed by atoms with Gasteiger partial charge in [0, 0.05) is 12.7 Å². The van der Waals surface area contributed by atoms with E-state index in [4.69, 9.17) is 0 Å². The number of nitrogens with zero attached hydrogens (tertiary/aromatic N) is 1. The van der Waals surface area contributed by atoms with Crippen molar-refractivity contribution < 1.29 is 4.79 Å². The summed E-state index contributed by atoms with van der Waals surface area (Å²) in [5.74, 6) is 0.693. The first kappa shape index (κ1) is 14.8. The molecule has 2 unspecified atom stereocenters. The van der Waals surface area contributed by atoms with Crippen LogP contribution >= 0.6 is 0 Å². The molecule has 1 aromatic carbocycles. The van der Waals surface area contributed by atoms with Crippen LogP contribution in [0.1, 0.15) is 33.3 Å². The van der Waals surface area contributed by atoms with Gasteiger partial charge < -0.3 is 4.90 Å². The van der Waals surface area contributed by atoms with Crippen LogP contribution < -0.4 is 4.90 Å². The first-order chi connectivity index (χ1) is 9.25. The molecule has 1 amide bonds. The van der Waals surface area contributed by atoms with E-state index >= 15 is 0 Å². The predicted octanol–water partition coefficient (Wildman–Crippen LogP) is 4.20. The van der Waals surface area contributed by atoms with E-state index in [1.807, 2.05) is 19.2 Å². The van der Waals surface area contributed by atoms with Gasteiger partial charge in [-0.2, -0.15) is 0 Å². The van der Waals surface area contributed by atoms with Gasteiger partial charge in [0.1, 0.15) is 0 Å². The fourth-order valence-electron chi connectivity index (χ4n) is 2.99. The summed E-state index contributed by atoms with van der Waals surface area (Å²) in [4.78, 5) is 14.5. The highest BCUT2D eigenvalue weighted by atomic mass is 16.2. The number of carbonyl (C=O) groups excluding carboxylic acids is 1. The number of allylic oxidation sites excluding steroid dienone is 2. The van der Waals surface area contributed by atoms with Gasteiger partial charge in [0.05, 0.1) is 5.92 Å². The van der Waals surface area contributed by atoms with Crippen LogP contribution in [0.25, 0.3) is 0 Å². The number of hydrogen-bond acceptors (Lipinski definition) is 1. The Bertz CT molecular complexity index is 552. The Morgan fingerprint density at radius 1 is 1.30 bits per heavy atom. The molecule has 0 N–H and O–H groups in total. The summed E-state index contributed by atoms with van der Waals surface area (Å²) in [5.41, 5.74) is 3.52. The van der Waals surface area contributed by atoms with E-state index in [2.05, 4.69) is 52.8 Å². The van der Waals surface area contributed by atoms with Crippen molar-refractivity contribution in [2.24, 2.45) is 17.3 Å². The molecule has 0 radical (unpaired) electrons. The van der Waals surface area contributed by atoms with E-state index in [1.54, 1.807) is 4.90 Å². The number of anilines is 1. The summed E-state index contributed by atoms with van der Waals surface area (Å²) in [7, 11) is 1.88. The molecule has 1 fully saturated rings. The number of benzene rings is 1. The lowest BCUT2D eigenvalue weighted by Crippen LogP contribution is -2.29. The summed E-state index contributed by atoms with van der Waals surface area (Å²) >= 11 is 0. The second kappa shape index (κ2) is 5.08. The van der Waals surface area contributed by atoms with Crippen LogP contribution in [0, 0.1) is 24.2 Å². The minimum absolute atomic E-state index is 0.0758. The number of carbonyl (C=O) groups is 1. The topological polar surface area (TPSA) is 20.3 Å². The number of rotatable bonds is 3. The molecule has 1 aliphatic rings. The van der Waals surface area contributed by atoms with E-state index in [1.165, 1.54) is 11.1 Å². The summed E-state index contributed by atoms with van der Waals surface area (Å²) < 4.78 is 0. The van der Waals surface area contributed by atoms with Gasteiger partial charge in [0.25, 0.3) is 0 Å². The van der Waals surface area contributed by atoms with Crippen LogP contribution in [0.5, 0.6) is 0 Å². The zero-order chi connectivity index (χ0) is 15.1. The van der Waals surface area contributed by atoms with Crippen molar-refractivity contribution in [3.05, 3.63) is 41.5 Å². The Balaban J connectivity index is 2.19. The molecule has 0 saturated heterocycles. The molecular formula is C18H25NO. The fourth-order valence-corrected chi connectivity index (χ4v) is 2.99. The molecule has 0 heterocycles. The van der Waals surface area contributed by atoms with Gasteiger partial charge in [0.15, 0.2) is 0 Å². The van der Waals surface area contributed by atoms with Crippen LogP contribution in [0.3, 0.4) is 0 Å². The van der Waals surface area contributed by atoms with E-state index in [9.17, 15) is 4.79 Å². The first-order valence-electron chi connectivity index (χ1n) is 7.24. The van der Waals surface area contributed by atoms with Crippen LogP contribution in [-0.2, 0) is 4.79 Å². The minimum atomic E-state index is 0.0758. The standard InChI is InChI=1S/C18H25NO/c1-12(2)10-15-16(18(15,4)5)17(20)19(6)14-9-7-8-13(3)11-14/h7-11,15-16H,1-6H3.